The lowest BCUT2D eigenvalue weighted by molar-refractivity contribution is 0.240. The Morgan fingerprint density at radius 2 is 2.09 bits per heavy atom. The van der Waals surface area contributed by atoms with Crippen molar-refractivity contribution in [1.29, 1.82) is 0 Å². The average molecular weight is 327 g/mol. The molecule has 0 bridgehead atoms. The van der Waals surface area contributed by atoms with E-state index in [1.807, 2.05) is 42.0 Å². The van der Waals surface area contributed by atoms with Crippen molar-refractivity contribution in [2.75, 3.05) is 0 Å². The number of thiazole rings is 1. The fraction of sp³-hybridized carbons (Fsp3) is 0.188. The number of urea groups is 1. The Morgan fingerprint density at radius 1 is 1.26 bits per heavy atom. The standard InChI is InChI=1S/C16H17N5OS/c1-12-18-9-14(23-12)10-20-16(22)19-8-13-4-2-3-5-15(13)21-7-6-17-11-21/h2-7,9,11H,8,10H2,1H3,(H2,19,20,22). The summed E-state index contributed by atoms with van der Waals surface area (Å²) in [6, 6.07) is 7.70. The van der Waals surface area contributed by atoms with Crippen molar-refractivity contribution in [3.05, 3.63) is 64.6 Å². The monoisotopic (exact) mass is 327 g/mol. The molecule has 2 amide bonds. The number of hydrogen-bond donors (Lipinski definition) is 2. The number of benzene rings is 1. The number of hydrogen-bond acceptors (Lipinski definition) is 4. The van der Waals surface area contributed by atoms with Crippen molar-refractivity contribution >= 4 is 17.4 Å². The molecule has 0 unspecified atom stereocenters. The molecule has 0 aliphatic heterocycles. The first-order chi connectivity index (χ1) is 11.2. The lowest BCUT2D eigenvalue weighted by Gasteiger charge is -2.11. The molecular formula is C16H17N5OS. The Labute approximate surface area is 138 Å². The maximum atomic E-state index is 11.9. The van der Waals surface area contributed by atoms with Crippen LogP contribution in [0.5, 0.6) is 0 Å². The van der Waals surface area contributed by atoms with E-state index in [1.54, 1.807) is 30.1 Å². The molecule has 3 rings (SSSR count). The highest BCUT2D eigenvalue weighted by molar-refractivity contribution is 7.11. The predicted octanol–water partition coefficient (Wildman–Crippen LogP) is 2.64. The van der Waals surface area contributed by atoms with Crippen LogP contribution in [0, 0.1) is 6.92 Å². The number of aryl methyl sites for hydroxylation is 1. The van der Waals surface area contributed by atoms with Crippen LogP contribution >= 0.6 is 11.3 Å². The molecule has 2 aromatic heterocycles. The van der Waals surface area contributed by atoms with E-state index >= 15 is 0 Å². The molecule has 0 spiro atoms. The number of carbonyl (C=O) groups is 1. The molecule has 23 heavy (non-hydrogen) atoms. The second kappa shape index (κ2) is 7.06. The second-order valence-corrected chi connectivity index (χ2v) is 6.30. The van der Waals surface area contributed by atoms with Gasteiger partial charge < -0.3 is 15.2 Å². The van der Waals surface area contributed by atoms with Crippen molar-refractivity contribution in [1.82, 2.24) is 25.2 Å². The summed E-state index contributed by atoms with van der Waals surface area (Å²) in [5.74, 6) is 0. The molecule has 3 aromatic rings. The summed E-state index contributed by atoms with van der Waals surface area (Å²) < 4.78 is 1.93. The number of rotatable bonds is 5. The van der Waals surface area contributed by atoms with Gasteiger partial charge in [0.2, 0.25) is 0 Å². The average Bonchev–Trinajstić information content (AvgIpc) is 3.23. The first-order valence-electron chi connectivity index (χ1n) is 7.21. The van der Waals surface area contributed by atoms with Gasteiger partial charge in [0.05, 0.1) is 23.6 Å². The summed E-state index contributed by atoms with van der Waals surface area (Å²) >= 11 is 1.58. The molecule has 0 aliphatic carbocycles. The number of para-hydroxylation sites is 1. The molecule has 2 heterocycles. The molecular weight excluding hydrogens is 310 g/mol. The zero-order valence-corrected chi connectivity index (χ0v) is 13.5. The molecule has 0 saturated carbocycles. The van der Waals surface area contributed by atoms with Gasteiger partial charge in [-0.3, -0.25) is 0 Å². The predicted molar refractivity (Wildman–Crippen MR) is 89.5 cm³/mol. The molecule has 2 N–H and O–H groups in total. The highest BCUT2D eigenvalue weighted by Gasteiger charge is 2.06. The third kappa shape index (κ3) is 3.95. The molecule has 0 saturated heterocycles. The minimum absolute atomic E-state index is 0.198. The van der Waals surface area contributed by atoms with Gasteiger partial charge >= 0.3 is 6.03 Å². The fourth-order valence-corrected chi connectivity index (χ4v) is 2.94. The molecule has 1 aromatic carbocycles. The van der Waals surface area contributed by atoms with E-state index < -0.39 is 0 Å². The summed E-state index contributed by atoms with van der Waals surface area (Å²) in [4.78, 5) is 21.2. The van der Waals surface area contributed by atoms with Crippen LogP contribution in [0.1, 0.15) is 15.4 Å². The quantitative estimate of drug-likeness (QED) is 0.757. The molecule has 0 fully saturated rings. The van der Waals surface area contributed by atoms with Crippen molar-refractivity contribution in [3.63, 3.8) is 0 Å². The van der Waals surface area contributed by atoms with Crippen LogP contribution in [-0.4, -0.2) is 20.6 Å². The van der Waals surface area contributed by atoms with E-state index in [2.05, 4.69) is 20.6 Å². The Hall–Kier alpha value is -2.67. The van der Waals surface area contributed by atoms with Crippen molar-refractivity contribution in [3.8, 4) is 5.69 Å². The zero-order chi connectivity index (χ0) is 16.1. The van der Waals surface area contributed by atoms with Gasteiger partial charge in [-0.2, -0.15) is 0 Å². The van der Waals surface area contributed by atoms with E-state index in [1.165, 1.54) is 0 Å². The van der Waals surface area contributed by atoms with E-state index in [9.17, 15) is 4.79 Å². The SMILES string of the molecule is Cc1ncc(CNC(=O)NCc2ccccc2-n2ccnc2)s1. The van der Waals surface area contributed by atoms with Crippen LogP contribution in [-0.2, 0) is 13.1 Å². The van der Waals surface area contributed by atoms with Gasteiger partial charge in [0, 0.05) is 30.0 Å². The maximum absolute atomic E-state index is 11.9. The Balaban J connectivity index is 1.57. The number of aromatic nitrogens is 3. The van der Waals surface area contributed by atoms with E-state index in [0.717, 1.165) is 21.1 Å². The van der Waals surface area contributed by atoms with Crippen LogP contribution in [0.2, 0.25) is 0 Å². The van der Waals surface area contributed by atoms with Gasteiger partial charge in [-0.15, -0.1) is 11.3 Å². The van der Waals surface area contributed by atoms with Gasteiger partial charge in [0.15, 0.2) is 0 Å². The summed E-state index contributed by atoms with van der Waals surface area (Å²) in [5.41, 5.74) is 2.03. The highest BCUT2D eigenvalue weighted by Crippen LogP contribution is 2.14. The number of nitrogens with one attached hydrogen (secondary N) is 2. The van der Waals surface area contributed by atoms with Crippen molar-refractivity contribution in [2.45, 2.75) is 20.0 Å². The van der Waals surface area contributed by atoms with Gasteiger partial charge in [-0.05, 0) is 18.6 Å². The Morgan fingerprint density at radius 3 is 2.83 bits per heavy atom. The molecule has 0 radical (unpaired) electrons. The van der Waals surface area contributed by atoms with Crippen LogP contribution in [0.4, 0.5) is 4.79 Å². The van der Waals surface area contributed by atoms with Gasteiger partial charge in [0.25, 0.3) is 0 Å². The zero-order valence-electron chi connectivity index (χ0n) is 12.7. The molecule has 0 atom stereocenters. The smallest absolute Gasteiger partial charge is 0.315 e. The number of carbonyl (C=O) groups excluding carboxylic acids is 1. The maximum Gasteiger partial charge on any atom is 0.315 e. The lowest BCUT2D eigenvalue weighted by Crippen LogP contribution is -2.34. The van der Waals surface area contributed by atoms with Crippen LogP contribution < -0.4 is 10.6 Å². The first kappa shape index (κ1) is 15.2. The van der Waals surface area contributed by atoms with Crippen molar-refractivity contribution in [2.24, 2.45) is 0 Å². The minimum Gasteiger partial charge on any atom is -0.334 e. The normalized spacial score (nSPS) is 10.5. The summed E-state index contributed by atoms with van der Waals surface area (Å²) in [6.07, 6.45) is 7.14. The second-order valence-electron chi connectivity index (χ2n) is 4.98. The Kier molecular flexibility index (Phi) is 4.68. The Bertz CT molecular complexity index is 781. The molecule has 7 heteroatoms. The minimum atomic E-state index is -0.198. The van der Waals surface area contributed by atoms with Crippen LogP contribution in [0.15, 0.2) is 49.2 Å². The molecule has 0 aliphatic rings. The van der Waals surface area contributed by atoms with E-state index in [0.29, 0.717) is 13.1 Å². The third-order valence-corrected chi connectivity index (χ3v) is 4.22. The van der Waals surface area contributed by atoms with Gasteiger partial charge in [0.1, 0.15) is 0 Å². The molecule has 6 nitrogen and oxygen atoms in total. The summed E-state index contributed by atoms with van der Waals surface area (Å²) in [5, 5.41) is 6.71. The van der Waals surface area contributed by atoms with E-state index in [4.69, 9.17) is 0 Å². The van der Waals surface area contributed by atoms with Crippen molar-refractivity contribution < 1.29 is 4.79 Å². The van der Waals surface area contributed by atoms with Gasteiger partial charge in [-0.1, -0.05) is 18.2 Å². The van der Waals surface area contributed by atoms with E-state index in [-0.39, 0.29) is 6.03 Å². The molecule has 118 valence electrons. The largest absolute Gasteiger partial charge is 0.334 e. The van der Waals surface area contributed by atoms with Gasteiger partial charge in [-0.25, -0.2) is 14.8 Å². The first-order valence-corrected chi connectivity index (χ1v) is 8.03. The number of amides is 2. The number of imidazole rings is 1. The summed E-state index contributed by atoms with van der Waals surface area (Å²) in [7, 11) is 0. The van der Waals surface area contributed by atoms with Crippen LogP contribution in [0.25, 0.3) is 5.69 Å². The number of nitrogens with zero attached hydrogens (tertiary/aromatic N) is 3. The topological polar surface area (TPSA) is 71.8 Å². The third-order valence-electron chi connectivity index (χ3n) is 3.31. The highest BCUT2D eigenvalue weighted by atomic mass is 32.1. The fourth-order valence-electron chi connectivity index (χ4n) is 2.21. The summed E-state index contributed by atoms with van der Waals surface area (Å²) in [6.45, 7) is 2.88. The van der Waals surface area contributed by atoms with Crippen LogP contribution in [0.3, 0.4) is 0 Å². The lowest BCUT2D eigenvalue weighted by atomic mass is 10.1.